The molecule has 1 aliphatic rings. The first kappa shape index (κ1) is 19.4. The van der Waals surface area contributed by atoms with E-state index in [1.54, 1.807) is 18.2 Å². The van der Waals surface area contributed by atoms with Gasteiger partial charge < -0.3 is 14.3 Å². The summed E-state index contributed by atoms with van der Waals surface area (Å²) in [6.07, 6.45) is 2.26. The van der Waals surface area contributed by atoms with Crippen molar-refractivity contribution in [3.63, 3.8) is 0 Å². The van der Waals surface area contributed by atoms with Crippen molar-refractivity contribution in [2.45, 2.75) is 38.9 Å². The number of para-hydroxylation sites is 1. The number of nitrogens with one attached hydrogen (secondary N) is 1. The predicted octanol–water partition coefficient (Wildman–Crippen LogP) is 4.25. The number of imidazole rings is 1. The molecule has 4 heterocycles. The number of H-pyrrole nitrogens is 1. The fraction of sp³-hybridized carbons (Fsp3) is 0.304. The van der Waals surface area contributed by atoms with E-state index < -0.39 is 11.7 Å². The van der Waals surface area contributed by atoms with E-state index in [0.29, 0.717) is 24.4 Å². The fourth-order valence-corrected chi connectivity index (χ4v) is 4.01. The molecule has 158 valence electrons. The molecule has 1 atom stereocenters. The van der Waals surface area contributed by atoms with Gasteiger partial charge in [-0.2, -0.15) is 0 Å². The van der Waals surface area contributed by atoms with Crippen molar-refractivity contribution < 1.29 is 13.6 Å². The van der Waals surface area contributed by atoms with E-state index in [2.05, 4.69) is 15.0 Å². The predicted molar refractivity (Wildman–Crippen MR) is 112 cm³/mol. The second kappa shape index (κ2) is 7.01. The number of amides is 1. The monoisotopic (exact) mass is 419 g/mol. The van der Waals surface area contributed by atoms with Gasteiger partial charge in [0.15, 0.2) is 5.67 Å². The highest BCUT2D eigenvalue weighted by Gasteiger charge is 2.38. The Bertz CT molecular complexity index is 1290. The van der Waals surface area contributed by atoms with Crippen LogP contribution in [0, 0.1) is 6.92 Å². The molecule has 4 aromatic rings. The van der Waals surface area contributed by atoms with Gasteiger partial charge in [0.2, 0.25) is 11.7 Å². The summed E-state index contributed by atoms with van der Waals surface area (Å²) >= 11 is 0. The molecule has 0 radical (unpaired) electrons. The number of aryl methyl sites for hydroxylation is 1. The molecule has 0 saturated carbocycles. The molecule has 0 spiro atoms. The smallest absolute Gasteiger partial charge is 0.292 e. The van der Waals surface area contributed by atoms with Gasteiger partial charge in [0.1, 0.15) is 6.04 Å². The third kappa shape index (κ3) is 3.28. The van der Waals surface area contributed by atoms with Gasteiger partial charge in [-0.05, 0) is 32.9 Å². The highest BCUT2D eigenvalue weighted by atomic mass is 19.1. The van der Waals surface area contributed by atoms with Crippen LogP contribution in [0.1, 0.15) is 59.1 Å². The lowest BCUT2D eigenvalue weighted by Gasteiger charge is -2.34. The summed E-state index contributed by atoms with van der Waals surface area (Å²) in [5, 5.41) is 1.02. The first-order valence-electron chi connectivity index (χ1n) is 10.2. The van der Waals surface area contributed by atoms with Crippen LogP contribution in [0.15, 0.2) is 47.1 Å². The summed E-state index contributed by atoms with van der Waals surface area (Å²) in [4.78, 5) is 31.8. The number of nitrogens with zero attached hydrogens (tertiary/aromatic N) is 4. The second-order valence-corrected chi connectivity index (χ2v) is 8.25. The zero-order valence-corrected chi connectivity index (χ0v) is 17.5. The summed E-state index contributed by atoms with van der Waals surface area (Å²) in [6, 6.07) is 11.2. The molecule has 0 aliphatic carbocycles. The van der Waals surface area contributed by atoms with Crippen LogP contribution in [-0.2, 0) is 12.1 Å². The number of pyridine rings is 1. The van der Waals surface area contributed by atoms with Crippen LogP contribution in [0.2, 0.25) is 0 Å². The van der Waals surface area contributed by atoms with Crippen molar-refractivity contribution in [3.05, 3.63) is 77.2 Å². The molecule has 1 amide bonds. The highest BCUT2D eigenvalue weighted by molar-refractivity contribution is 5.93. The Morgan fingerprint density at radius 3 is 2.81 bits per heavy atom. The first-order valence-corrected chi connectivity index (χ1v) is 10.2. The number of benzene rings is 1. The third-order valence-electron chi connectivity index (χ3n) is 5.59. The van der Waals surface area contributed by atoms with Gasteiger partial charge in [-0.3, -0.25) is 9.78 Å². The van der Waals surface area contributed by atoms with Crippen LogP contribution in [-0.4, -0.2) is 37.3 Å². The molecule has 5 rings (SSSR count). The van der Waals surface area contributed by atoms with Crippen LogP contribution in [0.3, 0.4) is 0 Å². The van der Waals surface area contributed by atoms with Crippen molar-refractivity contribution in [3.8, 4) is 0 Å². The topological polar surface area (TPSA) is 87.9 Å². The van der Waals surface area contributed by atoms with Crippen LogP contribution >= 0.6 is 0 Å². The molecular formula is C23H22FN5O2. The molecule has 8 heteroatoms. The van der Waals surface area contributed by atoms with Gasteiger partial charge in [-0.25, -0.2) is 14.4 Å². The van der Waals surface area contributed by atoms with E-state index in [4.69, 9.17) is 9.40 Å². The Labute approximate surface area is 178 Å². The molecule has 31 heavy (non-hydrogen) atoms. The van der Waals surface area contributed by atoms with E-state index >= 15 is 0 Å². The maximum Gasteiger partial charge on any atom is 0.292 e. The molecule has 1 aromatic carbocycles. The summed E-state index contributed by atoms with van der Waals surface area (Å²) in [6.45, 7) is 4.80. The zero-order chi connectivity index (χ0) is 21.8. The minimum atomic E-state index is -1.78. The lowest BCUT2D eigenvalue weighted by atomic mass is 9.98. The van der Waals surface area contributed by atoms with Gasteiger partial charge in [0.05, 0.1) is 28.9 Å². The quantitative estimate of drug-likeness (QED) is 0.536. The largest absolute Gasteiger partial charge is 0.432 e. The van der Waals surface area contributed by atoms with Crippen molar-refractivity contribution >= 4 is 16.8 Å². The molecule has 1 N–H and O–H groups in total. The number of halogens is 1. The number of aromatic amines is 1. The van der Waals surface area contributed by atoms with Crippen LogP contribution < -0.4 is 0 Å². The number of hydrogen-bond acceptors (Lipinski definition) is 5. The van der Waals surface area contributed by atoms with E-state index in [0.717, 1.165) is 22.3 Å². The van der Waals surface area contributed by atoms with Crippen LogP contribution in [0.25, 0.3) is 10.9 Å². The second-order valence-electron chi connectivity index (χ2n) is 8.25. The molecule has 0 bridgehead atoms. The SMILES string of the molecule is Cc1nc(C(C)(C)F)oc1C(=O)N1CCc2[nH]cnc2[C@H]1c1ccc2ccccc2n1. The summed E-state index contributed by atoms with van der Waals surface area (Å²) in [5.74, 6) is -0.411. The molecule has 0 fully saturated rings. The van der Waals surface area contributed by atoms with E-state index in [1.165, 1.54) is 13.8 Å². The lowest BCUT2D eigenvalue weighted by Crippen LogP contribution is -2.41. The standard InChI is InChI=1S/C23H22FN5O2/c1-13-20(31-22(27-13)23(2,3)24)21(30)29-11-10-16-18(26-12-25-16)19(29)17-9-8-14-6-4-5-7-15(14)28-17/h4-9,12,19H,10-11H2,1-3H3,(H,25,26)/t19-/m1/s1. The van der Waals surface area contributed by atoms with Gasteiger partial charge >= 0.3 is 0 Å². The Balaban J connectivity index is 1.60. The maximum absolute atomic E-state index is 14.4. The lowest BCUT2D eigenvalue weighted by molar-refractivity contribution is 0.0643. The Morgan fingerprint density at radius 2 is 2.03 bits per heavy atom. The van der Waals surface area contributed by atoms with E-state index in [-0.39, 0.29) is 17.6 Å². The van der Waals surface area contributed by atoms with Crippen LogP contribution in [0.5, 0.6) is 0 Å². The summed E-state index contributed by atoms with van der Waals surface area (Å²) in [5.41, 5.74) is 1.87. The minimum Gasteiger partial charge on any atom is -0.432 e. The van der Waals surface area contributed by atoms with Gasteiger partial charge in [-0.15, -0.1) is 0 Å². The molecule has 3 aromatic heterocycles. The summed E-state index contributed by atoms with van der Waals surface area (Å²) < 4.78 is 20.0. The number of fused-ring (bicyclic) bond motifs is 2. The van der Waals surface area contributed by atoms with Crippen molar-refractivity contribution in [2.24, 2.45) is 0 Å². The van der Waals surface area contributed by atoms with Crippen molar-refractivity contribution in [1.29, 1.82) is 0 Å². The molecule has 1 aliphatic heterocycles. The highest BCUT2D eigenvalue weighted by Crippen LogP contribution is 2.35. The number of carbonyl (C=O) groups is 1. The molecular weight excluding hydrogens is 397 g/mol. The normalized spacial score (nSPS) is 16.5. The average molecular weight is 419 g/mol. The number of rotatable bonds is 3. The molecule has 0 unspecified atom stereocenters. The Kier molecular flexibility index (Phi) is 4.39. The van der Waals surface area contributed by atoms with Crippen molar-refractivity contribution in [1.82, 2.24) is 24.8 Å². The number of alkyl halides is 1. The Morgan fingerprint density at radius 1 is 1.23 bits per heavy atom. The minimum absolute atomic E-state index is 0.0468. The number of carbonyl (C=O) groups excluding carboxylic acids is 1. The maximum atomic E-state index is 14.4. The average Bonchev–Trinajstić information content (AvgIpc) is 3.38. The van der Waals surface area contributed by atoms with E-state index in [9.17, 15) is 9.18 Å². The third-order valence-corrected chi connectivity index (χ3v) is 5.59. The van der Waals surface area contributed by atoms with Gasteiger partial charge in [0.25, 0.3) is 5.91 Å². The molecule has 0 saturated heterocycles. The van der Waals surface area contributed by atoms with Gasteiger partial charge in [0, 0.05) is 24.0 Å². The Hall–Kier alpha value is -3.55. The number of aromatic nitrogens is 4. The summed E-state index contributed by atoms with van der Waals surface area (Å²) in [7, 11) is 0. The van der Waals surface area contributed by atoms with Gasteiger partial charge in [-0.1, -0.05) is 24.3 Å². The number of oxazole rings is 1. The first-order chi connectivity index (χ1) is 14.8. The van der Waals surface area contributed by atoms with Crippen molar-refractivity contribution in [2.75, 3.05) is 6.54 Å². The fourth-order valence-electron chi connectivity index (χ4n) is 4.01. The van der Waals surface area contributed by atoms with E-state index in [1.807, 2.05) is 36.4 Å². The zero-order valence-electron chi connectivity index (χ0n) is 17.5. The van der Waals surface area contributed by atoms with Crippen LogP contribution in [0.4, 0.5) is 4.39 Å². The number of hydrogen-bond donors (Lipinski definition) is 1. The molecule has 7 nitrogen and oxygen atoms in total.